The van der Waals surface area contributed by atoms with Crippen molar-refractivity contribution in [2.75, 3.05) is 0 Å². The molecule has 0 radical (unpaired) electrons. The zero-order valence-electron chi connectivity index (χ0n) is 13.4. The summed E-state index contributed by atoms with van der Waals surface area (Å²) in [6, 6.07) is 10.6. The highest BCUT2D eigenvalue weighted by Gasteiger charge is 2.30. The van der Waals surface area contributed by atoms with Gasteiger partial charge in [0.2, 0.25) is 0 Å². The van der Waals surface area contributed by atoms with E-state index >= 15 is 0 Å². The Morgan fingerprint density at radius 1 is 1.24 bits per heavy atom. The number of nitro groups is 1. The molecule has 2 heterocycles. The number of para-hydroxylation sites is 1. The maximum Gasteiger partial charge on any atom is 0.273 e. The summed E-state index contributed by atoms with van der Waals surface area (Å²) in [5, 5.41) is 20.6. The molecule has 1 aliphatic carbocycles. The van der Waals surface area contributed by atoms with Crippen molar-refractivity contribution in [2.45, 2.75) is 36.2 Å². The van der Waals surface area contributed by atoms with Crippen LogP contribution in [0, 0.1) is 10.1 Å². The summed E-state index contributed by atoms with van der Waals surface area (Å²) in [6.45, 7) is 0.574. The van der Waals surface area contributed by atoms with E-state index in [4.69, 9.17) is 4.42 Å². The maximum absolute atomic E-state index is 11.2. The Kier molecular flexibility index (Phi) is 4.27. The SMILES string of the molecule is O=[N+]([O-])c1ccccc1CSc1nnc(C2CC2)n1Cc1ccco1. The molecule has 2 aromatic heterocycles. The zero-order chi connectivity index (χ0) is 17.2. The Balaban J connectivity index is 1.57. The summed E-state index contributed by atoms with van der Waals surface area (Å²) in [4.78, 5) is 10.8. The lowest BCUT2D eigenvalue weighted by molar-refractivity contribution is -0.385. The largest absolute Gasteiger partial charge is 0.467 e. The van der Waals surface area contributed by atoms with Crippen LogP contribution in [0.25, 0.3) is 0 Å². The van der Waals surface area contributed by atoms with Crippen molar-refractivity contribution in [3.8, 4) is 0 Å². The van der Waals surface area contributed by atoms with Crippen LogP contribution < -0.4 is 0 Å². The second kappa shape index (κ2) is 6.72. The first-order valence-corrected chi connectivity index (χ1v) is 9.01. The number of hydrogen-bond donors (Lipinski definition) is 0. The van der Waals surface area contributed by atoms with Gasteiger partial charge in [0.1, 0.15) is 11.6 Å². The standard InChI is InChI=1S/C17H16N4O3S/c22-21(23)15-6-2-1-4-13(15)11-25-17-19-18-16(12-7-8-12)20(17)10-14-5-3-9-24-14/h1-6,9,12H,7-8,10-11H2. The molecule has 3 aromatic rings. The summed E-state index contributed by atoms with van der Waals surface area (Å²) < 4.78 is 7.52. The van der Waals surface area contributed by atoms with Gasteiger partial charge in [-0.05, 0) is 25.0 Å². The first kappa shape index (κ1) is 15.9. The van der Waals surface area contributed by atoms with E-state index in [0.717, 1.165) is 29.6 Å². The molecule has 1 aromatic carbocycles. The molecule has 0 saturated heterocycles. The Morgan fingerprint density at radius 2 is 2.08 bits per heavy atom. The van der Waals surface area contributed by atoms with E-state index in [0.29, 0.717) is 23.8 Å². The fourth-order valence-electron chi connectivity index (χ4n) is 2.71. The van der Waals surface area contributed by atoms with Crippen molar-refractivity contribution in [1.82, 2.24) is 14.8 Å². The smallest absolute Gasteiger partial charge is 0.273 e. The summed E-state index contributed by atoms with van der Waals surface area (Å²) in [5.74, 6) is 2.75. The molecular weight excluding hydrogens is 340 g/mol. The molecule has 0 spiro atoms. The molecule has 0 bridgehead atoms. The van der Waals surface area contributed by atoms with Crippen LogP contribution in [0.3, 0.4) is 0 Å². The summed E-state index contributed by atoms with van der Waals surface area (Å²) in [5.41, 5.74) is 0.813. The maximum atomic E-state index is 11.2. The molecule has 1 saturated carbocycles. The lowest BCUT2D eigenvalue weighted by Crippen LogP contribution is -2.05. The van der Waals surface area contributed by atoms with Gasteiger partial charge in [0, 0.05) is 23.3 Å². The monoisotopic (exact) mass is 356 g/mol. The predicted molar refractivity (Wildman–Crippen MR) is 92.5 cm³/mol. The molecule has 0 amide bonds. The third kappa shape index (κ3) is 3.43. The van der Waals surface area contributed by atoms with Crippen molar-refractivity contribution >= 4 is 17.4 Å². The third-order valence-corrected chi connectivity index (χ3v) is 5.14. The lowest BCUT2D eigenvalue weighted by atomic mass is 10.2. The highest BCUT2D eigenvalue weighted by Crippen LogP contribution is 2.40. The fraction of sp³-hybridized carbons (Fsp3) is 0.294. The fourth-order valence-corrected chi connectivity index (χ4v) is 3.65. The van der Waals surface area contributed by atoms with E-state index in [2.05, 4.69) is 14.8 Å². The average Bonchev–Trinajstić information content (AvgIpc) is 3.18. The first-order chi connectivity index (χ1) is 12.2. The van der Waals surface area contributed by atoms with Gasteiger partial charge in [-0.1, -0.05) is 30.0 Å². The molecule has 7 nitrogen and oxygen atoms in total. The van der Waals surface area contributed by atoms with Gasteiger partial charge in [0.25, 0.3) is 5.69 Å². The molecule has 128 valence electrons. The molecule has 0 unspecified atom stereocenters. The number of nitro benzene ring substituents is 1. The topological polar surface area (TPSA) is 87.0 Å². The molecular formula is C17H16N4O3S. The van der Waals surface area contributed by atoms with Gasteiger partial charge in [0.15, 0.2) is 5.16 Å². The van der Waals surface area contributed by atoms with E-state index in [9.17, 15) is 10.1 Å². The first-order valence-electron chi connectivity index (χ1n) is 8.03. The van der Waals surface area contributed by atoms with E-state index in [-0.39, 0.29) is 10.6 Å². The van der Waals surface area contributed by atoms with Gasteiger partial charge < -0.3 is 4.42 Å². The molecule has 0 atom stereocenters. The van der Waals surface area contributed by atoms with Crippen molar-refractivity contribution in [2.24, 2.45) is 0 Å². The van der Waals surface area contributed by atoms with Crippen molar-refractivity contribution in [1.29, 1.82) is 0 Å². The molecule has 4 rings (SSSR count). The van der Waals surface area contributed by atoms with Crippen LogP contribution in [-0.2, 0) is 12.3 Å². The number of thioether (sulfide) groups is 1. The quantitative estimate of drug-likeness (QED) is 0.361. The van der Waals surface area contributed by atoms with Gasteiger partial charge >= 0.3 is 0 Å². The number of nitrogens with zero attached hydrogens (tertiary/aromatic N) is 4. The van der Waals surface area contributed by atoms with E-state index < -0.39 is 0 Å². The third-order valence-electron chi connectivity index (χ3n) is 4.13. The molecule has 8 heteroatoms. The van der Waals surface area contributed by atoms with Crippen molar-refractivity contribution < 1.29 is 9.34 Å². The second-order valence-electron chi connectivity index (χ2n) is 5.96. The highest BCUT2D eigenvalue weighted by atomic mass is 32.2. The Hall–Kier alpha value is -2.61. The van der Waals surface area contributed by atoms with Crippen molar-refractivity contribution in [3.63, 3.8) is 0 Å². The minimum atomic E-state index is -0.348. The van der Waals surface area contributed by atoms with Gasteiger partial charge in [-0.25, -0.2) is 0 Å². The molecule has 25 heavy (non-hydrogen) atoms. The number of hydrogen-bond acceptors (Lipinski definition) is 6. The van der Waals surface area contributed by atoms with Gasteiger partial charge in [-0.15, -0.1) is 10.2 Å². The van der Waals surface area contributed by atoms with E-state index in [1.807, 2.05) is 18.2 Å². The van der Waals surface area contributed by atoms with Crippen LogP contribution in [0.2, 0.25) is 0 Å². The molecule has 1 fully saturated rings. The average molecular weight is 356 g/mol. The van der Waals surface area contributed by atoms with Crippen LogP contribution in [0.1, 0.15) is 35.9 Å². The van der Waals surface area contributed by atoms with Crippen LogP contribution >= 0.6 is 11.8 Å². The van der Waals surface area contributed by atoms with Gasteiger partial charge in [0.05, 0.1) is 17.7 Å². The minimum Gasteiger partial charge on any atom is -0.467 e. The van der Waals surface area contributed by atoms with Crippen molar-refractivity contribution in [3.05, 3.63) is 69.9 Å². The highest BCUT2D eigenvalue weighted by molar-refractivity contribution is 7.98. The van der Waals surface area contributed by atoms with E-state index in [1.54, 1.807) is 18.4 Å². The minimum absolute atomic E-state index is 0.134. The Morgan fingerprint density at radius 3 is 2.80 bits per heavy atom. The van der Waals surface area contributed by atoms with Crippen LogP contribution in [0.15, 0.2) is 52.2 Å². The number of aromatic nitrogens is 3. The van der Waals surface area contributed by atoms with Crippen LogP contribution in [-0.4, -0.2) is 19.7 Å². The summed E-state index contributed by atoms with van der Waals surface area (Å²) in [6.07, 6.45) is 3.91. The molecule has 1 aliphatic rings. The number of rotatable bonds is 7. The normalized spacial score (nSPS) is 13.9. The van der Waals surface area contributed by atoms with Crippen LogP contribution in [0.4, 0.5) is 5.69 Å². The predicted octanol–water partition coefficient (Wildman–Crippen LogP) is 4.00. The van der Waals surface area contributed by atoms with Gasteiger partial charge in [-0.3, -0.25) is 14.7 Å². The van der Waals surface area contributed by atoms with Gasteiger partial charge in [-0.2, -0.15) is 0 Å². The summed E-state index contributed by atoms with van der Waals surface area (Å²) >= 11 is 1.46. The Labute approximate surface area is 148 Å². The molecule has 0 aliphatic heterocycles. The second-order valence-corrected chi connectivity index (χ2v) is 6.90. The number of benzene rings is 1. The Bertz CT molecular complexity index is 887. The lowest BCUT2D eigenvalue weighted by Gasteiger charge is -2.08. The van der Waals surface area contributed by atoms with Crippen LogP contribution in [0.5, 0.6) is 0 Å². The van der Waals surface area contributed by atoms with E-state index in [1.165, 1.54) is 17.8 Å². The zero-order valence-corrected chi connectivity index (χ0v) is 14.2. The summed E-state index contributed by atoms with van der Waals surface area (Å²) in [7, 11) is 0. The molecule has 0 N–H and O–H groups in total. The number of furan rings is 1.